The SMILES string of the molecule is CC1=C(C)N(c2ccccc2)N(Br)N1. The van der Waals surface area contributed by atoms with Gasteiger partial charge in [-0.05, 0) is 26.0 Å². The van der Waals surface area contributed by atoms with Crippen LogP contribution in [0.5, 0.6) is 0 Å². The van der Waals surface area contributed by atoms with E-state index in [9.17, 15) is 0 Å². The second kappa shape index (κ2) is 3.63. The van der Waals surface area contributed by atoms with Gasteiger partial charge in [-0.2, -0.15) is 0 Å². The van der Waals surface area contributed by atoms with Crippen molar-refractivity contribution in [1.29, 1.82) is 0 Å². The van der Waals surface area contributed by atoms with Gasteiger partial charge in [-0.15, -0.1) is 0 Å². The molecule has 0 aromatic heterocycles. The highest BCUT2D eigenvalue weighted by Gasteiger charge is 2.23. The molecule has 0 spiro atoms. The van der Waals surface area contributed by atoms with Crippen LogP contribution in [0.1, 0.15) is 13.8 Å². The first-order chi connectivity index (χ1) is 6.70. The predicted octanol–water partition coefficient (Wildman–Crippen LogP) is 2.79. The molecule has 0 unspecified atom stereocenters. The maximum Gasteiger partial charge on any atom is 0.0609 e. The number of hydrogen-bond acceptors (Lipinski definition) is 3. The fourth-order valence-corrected chi connectivity index (χ4v) is 2.11. The third kappa shape index (κ3) is 1.51. The summed E-state index contributed by atoms with van der Waals surface area (Å²) in [6.45, 7) is 4.13. The first-order valence-corrected chi connectivity index (χ1v) is 5.16. The summed E-state index contributed by atoms with van der Waals surface area (Å²) < 4.78 is 1.80. The van der Waals surface area contributed by atoms with E-state index < -0.39 is 0 Å². The van der Waals surface area contributed by atoms with Gasteiger partial charge in [0.15, 0.2) is 0 Å². The van der Waals surface area contributed by atoms with E-state index in [2.05, 4.69) is 45.6 Å². The van der Waals surface area contributed by atoms with Crippen molar-refractivity contribution in [2.45, 2.75) is 13.8 Å². The van der Waals surface area contributed by atoms with Crippen LogP contribution in [0.4, 0.5) is 5.69 Å². The van der Waals surface area contributed by atoms with Crippen molar-refractivity contribution in [3.63, 3.8) is 0 Å². The lowest BCUT2D eigenvalue weighted by Gasteiger charge is -2.24. The second-order valence-corrected chi connectivity index (χ2v) is 3.90. The highest BCUT2D eigenvalue weighted by Crippen LogP contribution is 2.27. The lowest BCUT2D eigenvalue weighted by molar-refractivity contribution is 0.446. The molecule has 74 valence electrons. The molecule has 1 N–H and O–H groups in total. The van der Waals surface area contributed by atoms with E-state index in [4.69, 9.17) is 0 Å². The van der Waals surface area contributed by atoms with Crippen LogP contribution in [-0.2, 0) is 0 Å². The van der Waals surface area contributed by atoms with Crippen LogP contribution in [0.3, 0.4) is 0 Å². The minimum atomic E-state index is 1.13. The molecule has 2 rings (SSSR count). The van der Waals surface area contributed by atoms with Gasteiger partial charge in [-0.25, -0.2) is 5.01 Å². The molecule has 0 aliphatic carbocycles. The summed E-state index contributed by atoms with van der Waals surface area (Å²) in [7, 11) is 0. The Balaban J connectivity index is 2.36. The Kier molecular flexibility index (Phi) is 2.48. The highest BCUT2D eigenvalue weighted by molar-refractivity contribution is 9.07. The first-order valence-electron chi connectivity index (χ1n) is 4.45. The molecule has 0 radical (unpaired) electrons. The molecule has 0 saturated heterocycles. The van der Waals surface area contributed by atoms with Crippen molar-refractivity contribution >= 4 is 21.8 Å². The van der Waals surface area contributed by atoms with Crippen LogP contribution in [-0.4, -0.2) is 4.14 Å². The molecule has 3 nitrogen and oxygen atoms in total. The second-order valence-electron chi connectivity index (χ2n) is 3.23. The molecule has 1 aromatic carbocycles. The standard InChI is InChI=1S/C10H12BrN3/c1-8-9(2)13(14(11)12-8)10-6-4-3-5-7-10/h3-7,12H,1-2H3. The van der Waals surface area contributed by atoms with Gasteiger partial charge >= 0.3 is 0 Å². The fraction of sp³-hybridized carbons (Fsp3) is 0.200. The summed E-state index contributed by atoms with van der Waals surface area (Å²) >= 11 is 3.43. The lowest BCUT2D eigenvalue weighted by atomic mass is 10.3. The molecule has 0 bridgehead atoms. The van der Waals surface area contributed by atoms with E-state index in [-0.39, 0.29) is 0 Å². The van der Waals surface area contributed by atoms with Gasteiger partial charge in [-0.1, -0.05) is 22.3 Å². The highest BCUT2D eigenvalue weighted by atomic mass is 79.9. The van der Waals surface area contributed by atoms with Crippen molar-refractivity contribution in [2.75, 3.05) is 5.01 Å². The van der Waals surface area contributed by atoms with Crippen LogP contribution in [0.2, 0.25) is 0 Å². The molecule has 0 amide bonds. The van der Waals surface area contributed by atoms with Crippen molar-refractivity contribution in [3.8, 4) is 0 Å². The topological polar surface area (TPSA) is 18.5 Å². The number of allylic oxidation sites excluding steroid dienone is 2. The largest absolute Gasteiger partial charge is 0.293 e. The van der Waals surface area contributed by atoms with E-state index in [0.29, 0.717) is 0 Å². The van der Waals surface area contributed by atoms with E-state index >= 15 is 0 Å². The van der Waals surface area contributed by atoms with Gasteiger partial charge in [0.2, 0.25) is 0 Å². The minimum absolute atomic E-state index is 1.13. The Labute approximate surface area is 92.3 Å². The van der Waals surface area contributed by atoms with Gasteiger partial charge in [0.05, 0.1) is 27.5 Å². The Morgan fingerprint density at radius 3 is 2.29 bits per heavy atom. The van der Waals surface area contributed by atoms with Crippen LogP contribution in [0.25, 0.3) is 0 Å². The molecule has 4 heteroatoms. The number of halogens is 1. The van der Waals surface area contributed by atoms with Crippen molar-refractivity contribution < 1.29 is 0 Å². The normalized spacial score (nSPS) is 17.5. The third-order valence-electron chi connectivity index (χ3n) is 2.30. The van der Waals surface area contributed by atoms with Gasteiger partial charge in [0.25, 0.3) is 0 Å². The summed E-state index contributed by atoms with van der Waals surface area (Å²) in [5, 5.41) is 2.06. The number of anilines is 1. The zero-order chi connectivity index (χ0) is 10.1. The number of hydrazine groups is 2. The Hall–Kier alpha value is -1.00. The molecular formula is C10H12BrN3. The number of nitrogens with one attached hydrogen (secondary N) is 1. The molecule has 1 aromatic rings. The number of rotatable bonds is 1. The summed E-state index contributed by atoms with van der Waals surface area (Å²) in [5.41, 5.74) is 6.63. The van der Waals surface area contributed by atoms with Crippen LogP contribution in [0, 0.1) is 0 Å². The minimum Gasteiger partial charge on any atom is -0.293 e. The molecule has 1 aliphatic rings. The van der Waals surface area contributed by atoms with Gasteiger partial charge in [-0.3, -0.25) is 5.43 Å². The van der Waals surface area contributed by atoms with E-state index in [1.807, 2.05) is 25.1 Å². The molecule has 1 heterocycles. The average Bonchev–Trinajstić information content (AvgIpc) is 2.43. The molecule has 0 atom stereocenters. The zero-order valence-corrected chi connectivity index (χ0v) is 9.75. The molecule has 0 fully saturated rings. The Morgan fingerprint density at radius 2 is 1.79 bits per heavy atom. The zero-order valence-electron chi connectivity index (χ0n) is 8.16. The summed E-state index contributed by atoms with van der Waals surface area (Å²) in [6, 6.07) is 10.2. The van der Waals surface area contributed by atoms with E-state index in [1.165, 1.54) is 5.70 Å². The molecule has 0 saturated carbocycles. The lowest BCUT2D eigenvalue weighted by Crippen LogP contribution is -2.34. The number of benzene rings is 1. The van der Waals surface area contributed by atoms with Crippen molar-refractivity contribution in [2.24, 2.45) is 0 Å². The van der Waals surface area contributed by atoms with Crippen molar-refractivity contribution in [3.05, 3.63) is 41.7 Å². The smallest absolute Gasteiger partial charge is 0.0609 e. The number of para-hydroxylation sites is 1. The molecule has 1 aliphatic heterocycles. The van der Waals surface area contributed by atoms with Crippen LogP contribution in [0.15, 0.2) is 41.7 Å². The predicted molar refractivity (Wildman–Crippen MR) is 61.2 cm³/mol. The quantitative estimate of drug-likeness (QED) is 0.777. The van der Waals surface area contributed by atoms with Crippen LogP contribution >= 0.6 is 16.1 Å². The Bertz CT molecular complexity index is 361. The number of hydrogen-bond donors (Lipinski definition) is 1. The summed E-state index contributed by atoms with van der Waals surface area (Å²) in [6.07, 6.45) is 0. The van der Waals surface area contributed by atoms with E-state index in [1.54, 1.807) is 4.14 Å². The monoisotopic (exact) mass is 253 g/mol. The van der Waals surface area contributed by atoms with Crippen molar-refractivity contribution in [1.82, 2.24) is 9.57 Å². The van der Waals surface area contributed by atoms with E-state index in [0.717, 1.165) is 11.4 Å². The van der Waals surface area contributed by atoms with Gasteiger partial charge in [0.1, 0.15) is 0 Å². The maximum absolute atomic E-state index is 3.43. The third-order valence-corrected chi connectivity index (χ3v) is 2.79. The van der Waals surface area contributed by atoms with Gasteiger partial charge < -0.3 is 0 Å². The van der Waals surface area contributed by atoms with Crippen LogP contribution < -0.4 is 10.4 Å². The fourth-order valence-electron chi connectivity index (χ4n) is 1.42. The molecular weight excluding hydrogens is 242 g/mol. The average molecular weight is 254 g/mol. The summed E-state index contributed by atoms with van der Waals surface area (Å²) in [4.78, 5) is 0. The Morgan fingerprint density at radius 1 is 1.14 bits per heavy atom. The first kappa shape index (κ1) is 9.55. The maximum atomic E-state index is 3.43. The number of nitrogens with zero attached hydrogens (tertiary/aromatic N) is 2. The summed E-state index contributed by atoms with van der Waals surface area (Å²) in [5.74, 6) is 0. The molecule has 14 heavy (non-hydrogen) atoms. The van der Waals surface area contributed by atoms with Gasteiger partial charge in [0, 0.05) is 5.70 Å².